The molecule has 0 spiro atoms. The number of benzene rings is 3. The lowest BCUT2D eigenvalue weighted by Gasteiger charge is -2.36. The molecule has 0 radical (unpaired) electrons. The number of hydrogen-bond donors (Lipinski definition) is 4. The number of carbonyl (C=O) groups excluding carboxylic acids is 2. The number of para-hydroxylation sites is 1. The molecule has 2 fully saturated rings. The number of fused-ring (bicyclic) bond motifs is 2. The van der Waals surface area contributed by atoms with Gasteiger partial charge in [-0.05, 0) is 103 Å². The molecule has 4 aromatic rings. The molecule has 4 aliphatic rings. The molecule has 12 nitrogen and oxygen atoms in total. The summed E-state index contributed by atoms with van der Waals surface area (Å²) in [4.78, 5) is 45.9. The van der Waals surface area contributed by atoms with Gasteiger partial charge in [0.05, 0.1) is 35.7 Å². The number of ether oxygens (including phenoxy) is 1. The predicted octanol–water partition coefficient (Wildman–Crippen LogP) is 7.29. The average Bonchev–Trinajstić information content (AvgIpc) is 4.05. The molecular weight excluding hydrogens is 770 g/mol. The maximum atomic E-state index is 14.7. The van der Waals surface area contributed by atoms with E-state index in [0.29, 0.717) is 103 Å². The summed E-state index contributed by atoms with van der Waals surface area (Å²) in [6.07, 6.45) is -0.362. The zero-order valence-electron chi connectivity index (χ0n) is 32.9. The predicted molar refractivity (Wildman–Crippen MR) is 221 cm³/mol. The van der Waals surface area contributed by atoms with E-state index in [4.69, 9.17) is 9.84 Å². The Kier molecular flexibility index (Phi) is 12.5. The minimum atomic E-state index is -4.49. The topological polar surface area (TPSA) is 140 Å². The van der Waals surface area contributed by atoms with Gasteiger partial charge >= 0.3 is 6.18 Å². The van der Waals surface area contributed by atoms with Crippen LogP contribution in [-0.2, 0) is 54.5 Å². The molecule has 0 bridgehead atoms. The van der Waals surface area contributed by atoms with E-state index in [1.54, 1.807) is 16.8 Å². The maximum Gasteiger partial charge on any atom is 0.416 e. The third kappa shape index (κ3) is 8.92. The highest BCUT2D eigenvalue weighted by Crippen LogP contribution is 2.41. The number of rotatable bonds is 10. The van der Waals surface area contributed by atoms with Crippen molar-refractivity contribution in [2.75, 3.05) is 47.7 Å². The van der Waals surface area contributed by atoms with Crippen LogP contribution in [0.15, 0.2) is 59.4 Å². The van der Waals surface area contributed by atoms with Gasteiger partial charge in [0.15, 0.2) is 5.82 Å². The quantitative estimate of drug-likeness (QED) is 0.122. The van der Waals surface area contributed by atoms with Crippen molar-refractivity contribution in [2.45, 2.75) is 83.9 Å². The lowest BCUT2D eigenvalue weighted by Crippen LogP contribution is -2.50. The van der Waals surface area contributed by atoms with Gasteiger partial charge in [-0.3, -0.25) is 24.6 Å². The first-order valence-electron chi connectivity index (χ1n) is 20.0. The first-order chi connectivity index (χ1) is 28.1. The van der Waals surface area contributed by atoms with E-state index >= 15 is 0 Å². The summed E-state index contributed by atoms with van der Waals surface area (Å²) in [5.74, 6) is -0.373. The number of aryl methyl sites for hydroxylation is 1. The Balaban J connectivity index is 0.00000252. The third-order valence-electron chi connectivity index (χ3n) is 10.7. The minimum absolute atomic E-state index is 0.0965. The number of aromatic nitrogens is 4. The number of alkyl halides is 3. The largest absolute Gasteiger partial charge is 0.416 e. The molecular formula is C42H49F3N8O4S. The fourth-order valence-corrected chi connectivity index (χ4v) is 8.25. The fraction of sp³-hybridized carbons (Fsp3) is 0.429. The van der Waals surface area contributed by atoms with Gasteiger partial charge in [-0.1, -0.05) is 45.0 Å². The number of nitrogens with one attached hydrogen (secondary N) is 4. The van der Waals surface area contributed by atoms with Crippen LogP contribution in [0.1, 0.15) is 77.5 Å². The van der Waals surface area contributed by atoms with E-state index in [1.165, 1.54) is 10.7 Å². The number of aromatic amines is 2. The van der Waals surface area contributed by atoms with Crippen molar-refractivity contribution < 1.29 is 27.5 Å². The van der Waals surface area contributed by atoms with Gasteiger partial charge in [0.2, 0.25) is 5.91 Å². The Morgan fingerprint density at radius 1 is 0.948 bits per heavy atom. The molecule has 2 aliphatic heterocycles. The SMILES string of the molecule is CC.CCc1[nH]nc(-c2ccc3c(c2)CCOC3)[nH]n(CC(=O)Nc2ccc(C(F)(F)F)c3c2CC3)c(=O)c1N1CCN(C(=O)c2ccccc2NSC2CC2)CC1. The number of hydrogen-bond acceptors (Lipinski definition) is 8. The molecule has 0 atom stereocenters. The normalized spacial score (nSPS) is 15.9. The van der Waals surface area contributed by atoms with Crippen molar-refractivity contribution in [3.63, 3.8) is 0 Å². The number of carbonyl (C=O) groups is 2. The van der Waals surface area contributed by atoms with E-state index in [1.807, 2.05) is 68.1 Å². The smallest absolute Gasteiger partial charge is 0.376 e. The summed E-state index contributed by atoms with van der Waals surface area (Å²) < 4.78 is 51.0. The van der Waals surface area contributed by atoms with Crippen molar-refractivity contribution >= 4 is 40.8 Å². The van der Waals surface area contributed by atoms with Gasteiger partial charge in [-0.2, -0.15) is 18.3 Å². The van der Waals surface area contributed by atoms with Gasteiger partial charge in [0, 0.05) is 42.7 Å². The average molecular weight is 819 g/mol. The van der Waals surface area contributed by atoms with Crippen LogP contribution in [0, 0.1) is 0 Å². The van der Waals surface area contributed by atoms with E-state index in [-0.39, 0.29) is 17.9 Å². The van der Waals surface area contributed by atoms with Gasteiger partial charge in [0.25, 0.3) is 11.5 Å². The molecule has 1 saturated heterocycles. The van der Waals surface area contributed by atoms with Crippen molar-refractivity contribution in [3.8, 4) is 11.4 Å². The molecule has 2 aliphatic carbocycles. The van der Waals surface area contributed by atoms with E-state index < -0.39 is 29.8 Å². The van der Waals surface area contributed by atoms with Gasteiger partial charge in [-0.15, -0.1) is 0 Å². The van der Waals surface area contributed by atoms with E-state index in [9.17, 15) is 27.6 Å². The highest BCUT2D eigenvalue weighted by Gasteiger charge is 2.37. The highest BCUT2D eigenvalue weighted by molar-refractivity contribution is 8.01. The summed E-state index contributed by atoms with van der Waals surface area (Å²) in [5, 5.41) is 14.3. The third-order valence-corrected chi connectivity index (χ3v) is 11.9. The van der Waals surface area contributed by atoms with Crippen LogP contribution in [0.5, 0.6) is 0 Å². The summed E-state index contributed by atoms with van der Waals surface area (Å²) in [7, 11) is 0. The van der Waals surface area contributed by atoms with Crippen molar-refractivity contribution in [1.29, 1.82) is 0 Å². The first-order valence-corrected chi connectivity index (χ1v) is 20.9. The fourth-order valence-electron chi connectivity index (χ4n) is 7.41. The second kappa shape index (κ2) is 17.7. The lowest BCUT2D eigenvalue weighted by molar-refractivity contribution is -0.138. The van der Waals surface area contributed by atoms with Crippen LogP contribution >= 0.6 is 11.9 Å². The molecule has 3 aromatic carbocycles. The molecule has 1 saturated carbocycles. The van der Waals surface area contributed by atoms with Crippen LogP contribution in [0.4, 0.5) is 30.2 Å². The number of nitrogens with zero attached hydrogens (tertiary/aromatic N) is 4. The van der Waals surface area contributed by atoms with E-state index in [0.717, 1.165) is 35.7 Å². The molecule has 0 unspecified atom stereocenters. The highest BCUT2D eigenvalue weighted by atomic mass is 32.2. The molecule has 1 aromatic heterocycles. The summed E-state index contributed by atoms with van der Waals surface area (Å²) >= 11 is 1.64. The first kappa shape index (κ1) is 41.0. The summed E-state index contributed by atoms with van der Waals surface area (Å²) in [6, 6.07) is 15.6. The van der Waals surface area contributed by atoms with Crippen molar-refractivity contribution in [2.24, 2.45) is 0 Å². The molecule has 308 valence electrons. The Bertz CT molecular complexity index is 2270. The number of H-pyrrole nitrogens is 2. The molecule has 8 rings (SSSR count). The van der Waals surface area contributed by atoms with Gasteiger partial charge in [0.1, 0.15) is 12.2 Å². The molecule has 16 heteroatoms. The van der Waals surface area contributed by atoms with Crippen LogP contribution in [0.2, 0.25) is 0 Å². The number of amides is 2. The van der Waals surface area contributed by atoms with Gasteiger partial charge < -0.3 is 24.6 Å². The monoisotopic (exact) mass is 818 g/mol. The second-order valence-electron chi connectivity index (χ2n) is 14.4. The number of anilines is 3. The Hall–Kier alpha value is -5.22. The number of halogens is 3. The van der Waals surface area contributed by atoms with Crippen LogP contribution < -0.4 is 20.5 Å². The molecule has 4 N–H and O–H groups in total. The zero-order valence-corrected chi connectivity index (χ0v) is 33.7. The van der Waals surface area contributed by atoms with Crippen LogP contribution in [0.3, 0.4) is 0 Å². The molecule has 3 heterocycles. The van der Waals surface area contributed by atoms with Crippen LogP contribution in [0.25, 0.3) is 11.4 Å². The Labute approximate surface area is 339 Å². The minimum Gasteiger partial charge on any atom is -0.376 e. The molecule has 2 amide bonds. The zero-order chi connectivity index (χ0) is 41.0. The van der Waals surface area contributed by atoms with Gasteiger partial charge in [-0.25, -0.2) is 4.68 Å². The van der Waals surface area contributed by atoms with Crippen LogP contribution in [-0.4, -0.2) is 74.7 Å². The molecule has 58 heavy (non-hydrogen) atoms. The maximum absolute atomic E-state index is 14.7. The lowest BCUT2D eigenvalue weighted by atomic mass is 9.83. The number of piperazine rings is 1. The van der Waals surface area contributed by atoms with Crippen molar-refractivity contribution in [1.82, 2.24) is 24.9 Å². The second-order valence-corrected chi connectivity index (χ2v) is 15.6. The standard InChI is InChI=1S/C40H43F3N8O4S.C2H6/c1-2-32-36(49-16-18-50(19-17-49)38(53)30-5-3-4-6-34(30)48-56-27-9-10-27)39(54)51(47-37(46-45-32)25-7-8-26-23-55-20-15-24(26)21-25)22-35(52)44-33-14-13-31(40(41,42)43)28-11-12-29(28)33;1-2/h3-8,13-14,21,27,45,48H,2,9-12,15-20,22-23H2,1H3,(H,44,52)(H,46,47);1-2H3. The van der Waals surface area contributed by atoms with E-state index in [2.05, 4.69) is 20.2 Å². The Morgan fingerprint density at radius 2 is 1.71 bits per heavy atom. The van der Waals surface area contributed by atoms with Crippen molar-refractivity contribution in [3.05, 3.63) is 104 Å². The Morgan fingerprint density at radius 3 is 2.41 bits per heavy atom. The summed E-state index contributed by atoms with van der Waals surface area (Å²) in [6.45, 7) is 7.95. The summed E-state index contributed by atoms with van der Waals surface area (Å²) in [5.41, 5.74) is 4.81.